The van der Waals surface area contributed by atoms with Crippen LogP contribution in [0.2, 0.25) is 0 Å². The van der Waals surface area contributed by atoms with Crippen molar-refractivity contribution in [3.05, 3.63) is 40.8 Å². The third-order valence-electron chi connectivity index (χ3n) is 2.25. The van der Waals surface area contributed by atoms with Crippen LogP contribution in [0.1, 0.15) is 33.6 Å². The number of Topliss-reactive ketones (excluding diaryl/α,β-unsaturated/α-hetero) is 1. The average Bonchev–Trinajstić information content (AvgIpc) is 2.25. The van der Waals surface area contributed by atoms with Crippen molar-refractivity contribution >= 4 is 17.5 Å². The Balaban J connectivity index is 2.67. The fourth-order valence-electron chi connectivity index (χ4n) is 1.32. The number of hydrogen-bond donors (Lipinski definition) is 0. The van der Waals surface area contributed by atoms with E-state index >= 15 is 0 Å². The predicted molar refractivity (Wildman–Crippen MR) is 70.6 cm³/mol. The summed E-state index contributed by atoms with van der Waals surface area (Å²) in [6.07, 6.45) is 1.50. The Hall–Kier alpha value is -1.02. The Morgan fingerprint density at radius 2 is 1.69 bits per heavy atom. The van der Waals surface area contributed by atoms with Crippen molar-refractivity contribution in [1.29, 1.82) is 0 Å². The van der Waals surface area contributed by atoms with Gasteiger partial charge >= 0.3 is 0 Å². The van der Waals surface area contributed by atoms with Crippen molar-refractivity contribution < 1.29 is 4.79 Å². The van der Waals surface area contributed by atoms with Gasteiger partial charge in [0.1, 0.15) is 5.78 Å². The zero-order valence-corrected chi connectivity index (χ0v) is 10.9. The summed E-state index contributed by atoms with van der Waals surface area (Å²) in [5.74, 6) is 0.257. The van der Waals surface area contributed by atoms with Crippen molar-refractivity contribution in [2.45, 2.75) is 38.5 Å². The minimum atomic E-state index is 0.257. The molecule has 0 saturated heterocycles. The Morgan fingerprint density at radius 1 is 1.06 bits per heavy atom. The molecule has 0 fully saturated rings. The molecule has 0 atom stereocenters. The molecule has 86 valence electrons. The Morgan fingerprint density at radius 3 is 2.19 bits per heavy atom. The summed E-state index contributed by atoms with van der Waals surface area (Å²) in [4.78, 5) is 13.5. The largest absolute Gasteiger partial charge is 0.300 e. The quantitative estimate of drug-likeness (QED) is 0.700. The van der Waals surface area contributed by atoms with Crippen LogP contribution in [-0.2, 0) is 4.79 Å². The third-order valence-corrected chi connectivity index (χ3v) is 3.61. The number of thioether (sulfide) groups is 1. The topological polar surface area (TPSA) is 17.1 Å². The van der Waals surface area contributed by atoms with Crippen LogP contribution in [0.5, 0.6) is 0 Å². The number of rotatable bonds is 5. The number of carbonyl (C=O) groups is 1. The van der Waals surface area contributed by atoms with E-state index < -0.39 is 0 Å². The third kappa shape index (κ3) is 4.67. The lowest BCUT2D eigenvalue weighted by atomic mass is 10.2. The van der Waals surface area contributed by atoms with E-state index in [-0.39, 0.29) is 5.78 Å². The summed E-state index contributed by atoms with van der Waals surface area (Å²) in [7, 11) is 0. The summed E-state index contributed by atoms with van der Waals surface area (Å²) in [6, 6.07) is 10.3. The van der Waals surface area contributed by atoms with Gasteiger partial charge in [-0.15, -0.1) is 0 Å². The van der Waals surface area contributed by atoms with Crippen LogP contribution in [-0.4, -0.2) is 5.78 Å². The number of carbonyl (C=O) groups excluding carboxylic acids is 1. The molecular formula is C14H18OS. The van der Waals surface area contributed by atoms with E-state index in [4.69, 9.17) is 0 Å². The van der Waals surface area contributed by atoms with Gasteiger partial charge in [-0.3, -0.25) is 0 Å². The fourth-order valence-corrected chi connectivity index (χ4v) is 2.31. The Labute approximate surface area is 102 Å². The maximum atomic E-state index is 11.0. The number of hydrogen-bond acceptors (Lipinski definition) is 2. The highest BCUT2D eigenvalue weighted by atomic mass is 32.2. The van der Waals surface area contributed by atoms with Gasteiger partial charge in [0.2, 0.25) is 0 Å². The van der Waals surface area contributed by atoms with E-state index in [1.54, 1.807) is 18.7 Å². The molecule has 0 radical (unpaired) electrons. The first-order chi connectivity index (χ1) is 7.59. The van der Waals surface area contributed by atoms with Crippen LogP contribution in [0.4, 0.5) is 0 Å². The van der Waals surface area contributed by atoms with Gasteiger partial charge in [0.15, 0.2) is 0 Å². The summed E-state index contributed by atoms with van der Waals surface area (Å²) < 4.78 is 0. The molecule has 16 heavy (non-hydrogen) atoms. The molecule has 1 nitrogen and oxygen atoms in total. The lowest BCUT2D eigenvalue weighted by Gasteiger charge is -2.08. The van der Waals surface area contributed by atoms with E-state index in [9.17, 15) is 4.79 Å². The first kappa shape index (κ1) is 13.0. The van der Waals surface area contributed by atoms with Crippen LogP contribution in [0, 0.1) is 0 Å². The van der Waals surface area contributed by atoms with Crippen LogP contribution >= 0.6 is 11.8 Å². The highest BCUT2D eigenvalue weighted by molar-refractivity contribution is 8.03. The zero-order valence-electron chi connectivity index (χ0n) is 10.1. The molecule has 0 aliphatic rings. The maximum Gasteiger partial charge on any atom is 0.130 e. The lowest BCUT2D eigenvalue weighted by molar-refractivity contribution is -0.116. The molecular weight excluding hydrogens is 216 g/mol. The first-order valence-electron chi connectivity index (χ1n) is 5.48. The Bertz CT molecular complexity index is 375. The maximum absolute atomic E-state index is 11.0. The molecule has 0 spiro atoms. The van der Waals surface area contributed by atoms with Crippen molar-refractivity contribution in [3.8, 4) is 0 Å². The van der Waals surface area contributed by atoms with Gasteiger partial charge in [0, 0.05) is 11.3 Å². The second kappa shape index (κ2) is 6.54. The number of benzene rings is 1. The van der Waals surface area contributed by atoms with Gasteiger partial charge in [0.05, 0.1) is 0 Å². The molecule has 1 aromatic carbocycles. The van der Waals surface area contributed by atoms with Crippen molar-refractivity contribution in [1.82, 2.24) is 0 Å². The summed E-state index contributed by atoms with van der Waals surface area (Å²) in [6.45, 7) is 5.85. The van der Waals surface area contributed by atoms with Gasteiger partial charge in [-0.1, -0.05) is 35.5 Å². The normalized spacial score (nSPS) is 9.94. The highest BCUT2D eigenvalue weighted by Gasteiger charge is 2.04. The predicted octanol–water partition coefficient (Wildman–Crippen LogP) is 4.44. The summed E-state index contributed by atoms with van der Waals surface area (Å²) >= 11 is 1.77. The molecule has 0 aromatic heterocycles. The van der Waals surface area contributed by atoms with Crippen LogP contribution < -0.4 is 0 Å². The van der Waals surface area contributed by atoms with E-state index in [1.165, 1.54) is 15.4 Å². The average molecular weight is 234 g/mol. The second-order valence-electron chi connectivity index (χ2n) is 4.04. The van der Waals surface area contributed by atoms with Gasteiger partial charge < -0.3 is 4.79 Å². The standard InChI is InChI=1S/C14H18OS/c1-11(2)14(10-9-12(3)15)16-13-7-5-4-6-8-13/h4-8H,9-10H2,1-3H3. The van der Waals surface area contributed by atoms with Crippen molar-refractivity contribution in [3.63, 3.8) is 0 Å². The molecule has 0 heterocycles. The molecule has 1 rings (SSSR count). The molecule has 0 amide bonds. The molecule has 0 saturated carbocycles. The van der Waals surface area contributed by atoms with Gasteiger partial charge in [-0.2, -0.15) is 0 Å². The minimum absolute atomic E-state index is 0.257. The van der Waals surface area contributed by atoms with E-state index in [1.807, 2.05) is 18.2 Å². The number of ketones is 1. The molecule has 0 bridgehead atoms. The van der Waals surface area contributed by atoms with Crippen molar-refractivity contribution in [2.24, 2.45) is 0 Å². The lowest BCUT2D eigenvalue weighted by Crippen LogP contribution is -1.91. The molecule has 1 aromatic rings. The highest BCUT2D eigenvalue weighted by Crippen LogP contribution is 2.31. The smallest absolute Gasteiger partial charge is 0.130 e. The molecule has 0 aliphatic heterocycles. The molecule has 2 heteroatoms. The first-order valence-corrected chi connectivity index (χ1v) is 6.30. The van der Waals surface area contributed by atoms with Gasteiger partial charge in [-0.25, -0.2) is 0 Å². The van der Waals surface area contributed by atoms with Gasteiger partial charge in [0.25, 0.3) is 0 Å². The SMILES string of the molecule is CC(=O)CCC(Sc1ccccc1)=C(C)C. The second-order valence-corrected chi connectivity index (χ2v) is 5.21. The van der Waals surface area contributed by atoms with Crippen LogP contribution in [0.15, 0.2) is 45.7 Å². The minimum Gasteiger partial charge on any atom is -0.300 e. The zero-order chi connectivity index (χ0) is 12.0. The van der Waals surface area contributed by atoms with E-state index in [0.29, 0.717) is 6.42 Å². The van der Waals surface area contributed by atoms with E-state index in [0.717, 1.165) is 6.42 Å². The molecule has 0 unspecified atom stereocenters. The van der Waals surface area contributed by atoms with E-state index in [2.05, 4.69) is 26.0 Å². The number of allylic oxidation sites excluding steroid dienone is 2. The monoisotopic (exact) mass is 234 g/mol. The summed E-state index contributed by atoms with van der Waals surface area (Å²) in [5.41, 5.74) is 1.30. The van der Waals surface area contributed by atoms with Crippen LogP contribution in [0.25, 0.3) is 0 Å². The summed E-state index contributed by atoms with van der Waals surface area (Å²) in [5, 5.41) is 0. The van der Waals surface area contributed by atoms with Crippen LogP contribution in [0.3, 0.4) is 0 Å². The Kier molecular flexibility index (Phi) is 5.33. The van der Waals surface area contributed by atoms with Crippen molar-refractivity contribution in [2.75, 3.05) is 0 Å². The van der Waals surface area contributed by atoms with Gasteiger partial charge in [-0.05, 0) is 44.2 Å². The molecule has 0 N–H and O–H groups in total. The molecule has 0 aliphatic carbocycles. The fraction of sp³-hybridized carbons (Fsp3) is 0.357.